The van der Waals surface area contributed by atoms with E-state index in [0.29, 0.717) is 12.5 Å². The van der Waals surface area contributed by atoms with E-state index in [1.54, 1.807) is 0 Å². The van der Waals surface area contributed by atoms with E-state index < -0.39 is 0 Å². The Kier molecular flexibility index (Phi) is 4.12. The van der Waals surface area contributed by atoms with Crippen molar-refractivity contribution in [3.05, 3.63) is 0 Å². The standard InChI is InChI=1S/C11H20N2O2/c1-11(2)4-9(6-12-7-14)3-10(5-11)13-8-15/h7-10H,3-6H2,1-2H3,(H,12,14)(H,13,15). The minimum atomic E-state index is 0.244. The lowest BCUT2D eigenvalue weighted by molar-refractivity contribution is -0.111. The average molecular weight is 212 g/mol. The molecular formula is C11H20N2O2. The van der Waals surface area contributed by atoms with Gasteiger partial charge >= 0.3 is 0 Å². The summed E-state index contributed by atoms with van der Waals surface area (Å²) in [5.74, 6) is 0.469. The maximum atomic E-state index is 10.4. The zero-order chi connectivity index (χ0) is 11.3. The highest BCUT2D eigenvalue weighted by atomic mass is 16.1. The van der Waals surface area contributed by atoms with Crippen LogP contribution in [0.1, 0.15) is 33.1 Å². The van der Waals surface area contributed by atoms with E-state index >= 15 is 0 Å². The Labute approximate surface area is 90.8 Å². The lowest BCUT2D eigenvalue weighted by atomic mass is 9.70. The van der Waals surface area contributed by atoms with Crippen LogP contribution in [0.2, 0.25) is 0 Å². The van der Waals surface area contributed by atoms with Gasteiger partial charge in [0.2, 0.25) is 12.8 Å². The van der Waals surface area contributed by atoms with Gasteiger partial charge in [-0.3, -0.25) is 9.59 Å². The van der Waals surface area contributed by atoms with Gasteiger partial charge in [-0.2, -0.15) is 0 Å². The fraction of sp³-hybridized carbons (Fsp3) is 0.818. The van der Waals surface area contributed by atoms with Gasteiger partial charge in [0, 0.05) is 12.6 Å². The van der Waals surface area contributed by atoms with Gasteiger partial charge in [-0.15, -0.1) is 0 Å². The molecule has 4 nitrogen and oxygen atoms in total. The molecule has 2 N–H and O–H groups in total. The molecule has 0 aromatic rings. The summed E-state index contributed by atoms with van der Waals surface area (Å²) in [5, 5.41) is 5.57. The zero-order valence-electron chi connectivity index (χ0n) is 9.45. The highest BCUT2D eigenvalue weighted by Crippen LogP contribution is 2.38. The molecule has 0 heterocycles. The molecule has 1 aliphatic carbocycles. The maximum absolute atomic E-state index is 10.4. The van der Waals surface area contributed by atoms with E-state index in [0.717, 1.165) is 32.1 Å². The highest BCUT2D eigenvalue weighted by molar-refractivity contribution is 5.47. The SMILES string of the molecule is CC1(C)CC(CNC=O)CC(NC=O)C1. The summed E-state index contributed by atoms with van der Waals surface area (Å²) in [6, 6.07) is 0.254. The number of hydrogen-bond acceptors (Lipinski definition) is 2. The van der Waals surface area contributed by atoms with Crippen LogP contribution in [0.5, 0.6) is 0 Å². The summed E-state index contributed by atoms with van der Waals surface area (Å²) >= 11 is 0. The Morgan fingerprint density at radius 1 is 1.27 bits per heavy atom. The number of carbonyl (C=O) groups excluding carboxylic acids is 2. The lowest BCUT2D eigenvalue weighted by Crippen LogP contribution is -2.42. The number of carbonyl (C=O) groups is 2. The smallest absolute Gasteiger partial charge is 0.207 e. The molecule has 0 aliphatic heterocycles. The van der Waals surface area contributed by atoms with Gasteiger partial charge < -0.3 is 10.6 Å². The molecule has 1 saturated carbocycles. The topological polar surface area (TPSA) is 58.2 Å². The first-order valence-corrected chi connectivity index (χ1v) is 5.44. The van der Waals surface area contributed by atoms with Gasteiger partial charge in [-0.1, -0.05) is 13.8 Å². The molecule has 0 spiro atoms. The van der Waals surface area contributed by atoms with Crippen LogP contribution in [0.15, 0.2) is 0 Å². The van der Waals surface area contributed by atoms with Gasteiger partial charge in [0.05, 0.1) is 0 Å². The summed E-state index contributed by atoms with van der Waals surface area (Å²) in [7, 11) is 0. The monoisotopic (exact) mass is 212 g/mol. The largest absolute Gasteiger partial charge is 0.358 e. The van der Waals surface area contributed by atoms with Crippen LogP contribution in [0.25, 0.3) is 0 Å². The fourth-order valence-electron chi connectivity index (χ4n) is 2.69. The quantitative estimate of drug-likeness (QED) is 0.658. The van der Waals surface area contributed by atoms with Crippen LogP contribution < -0.4 is 10.6 Å². The molecule has 1 fully saturated rings. The van der Waals surface area contributed by atoms with Crippen molar-refractivity contribution in [3.8, 4) is 0 Å². The Morgan fingerprint density at radius 3 is 2.60 bits per heavy atom. The van der Waals surface area contributed by atoms with E-state index in [-0.39, 0.29) is 11.5 Å². The summed E-state index contributed by atoms with van der Waals surface area (Å²) in [4.78, 5) is 20.7. The molecule has 0 aromatic heterocycles. The van der Waals surface area contributed by atoms with E-state index in [4.69, 9.17) is 0 Å². The van der Waals surface area contributed by atoms with E-state index in [1.165, 1.54) is 0 Å². The average Bonchev–Trinajstić information content (AvgIpc) is 2.13. The predicted octanol–water partition coefficient (Wildman–Crippen LogP) is 0.673. The summed E-state index contributed by atoms with van der Waals surface area (Å²) < 4.78 is 0. The van der Waals surface area contributed by atoms with Gasteiger partial charge in [0.15, 0.2) is 0 Å². The predicted molar refractivity (Wildman–Crippen MR) is 58.2 cm³/mol. The second kappa shape index (κ2) is 5.14. The Hall–Kier alpha value is -1.06. The molecule has 1 rings (SSSR count). The van der Waals surface area contributed by atoms with Crippen LogP contribution in [0, 0.1) is 11.3 Å². The molecule has 0 radical (unpaired) electrons. The van der Waals surface area contributed by atoms with Crippen molar-refractivity contribution >= 4 is 12.8 Å². The van der Waals surface area contributed by atoms with Crippen molar-refractivity contribution in [2.75, 3.05) is 6.54 Å². The minimum Gasteiger partial charge on any atom is -0.358 e. The molecule has 0 bridgehead atoms. The van der Waals surface area contributed by atoms with E-state index in [1.807, 2.05) is 0 Å². The number of rotatable bonds is 5. The molecule has 0 saturated heterocycles. The summed E-state index contributed by atoms with van der Waals surface area (Å²) in [6.07, 6.45) is 4.59. The second-order valence-electron chi connectivity index (χ2n) is 5.18. The third kappa shape index (κ3) is 3.90. The van der Waals surface area contributed by atoms with Crippen molar-refractivity contribution in [3.63, 3.8) is 0 Å². The zero-order valence-corrected chi connectivity index (χ0v) is 9.45. The second-order valence-corrected chi connectivity index (χ2v) is 5.18. The van der Waals surface area contributed by atoms with Crippen molar-refractivity contribution in [1.29, 1.82) is 0 Å². The van der Waals surface area contributed by atoms with E-state index in [2.05, 4.69) is 24.5 Å². The molecule has 4 heteroatoms. The number of hydrogen-bond donors (Lipinski definition) is 2. The van der Waals surface area contributed by atoms with E-state index in [9.17, 15) is 9.59 Å². The van der Waals surface area contributed by atoms with Crippen LogP contribution in [-0.2, 0) is 9.59 Å². The number of amides is 2. The molecule has 2 unspecified atom stereocenters. The van der Waals surface area contributed by atoms with Crippen LogP contribution in [0.4, 0.5) is 0 Å². The Balaban J connectivity index is 2.50. The minimum absolute atomic E-state index is 0.244. The third-order valence-corrected chi connectivity index (χ3v) is 3.05. The molecule has 15 heavy (non-hydrogen) atoms. The van der Waals surface area contributed by atoms with Gasteiger partial charge in [-0.25, -0.2) is 0 Å². The van der Waals surface area contributed by atoms with Crippen molar-refractivity contribution < 1.29 is 9.59 Å². The maximum Gasteiger partial charge on any atom is 0.207 e. The van der Waals surface area contributed by atoms with Gasteiger partial charge in [-0.05, 0) is 30.6 Å². The summed E-state index contributed by atoms with van der Waals surface area (Å²) in [5.41, 5.74) is 0.244. The first-order valence-electron chi connectivity index (χ1n) is 5.44. The van der Waals surface area contributed by atoms with Crippen LogP contribution in [-0.4, -0.2) is 25.4 Å². The van der Waals surface area contributed by atoms with Crippen molar-refractivity contribution in [2.24, 2.45) is 11.3 Å². The normalized spacial score (nSPS) is 29.2. The van der Waals surface area contributed by atoms with Gasteiger partial charge in [0.1, 0.15) is 0 Å². The molecule has 2 amide bonds. The molecule has 86 valence electrons. The fourth-order valence-corrected chi connectivity index (χ4v) is 2.69. The van der Waals surface area contributed by atoms with Crippen LogP contribution >= 0.6 is 0 Å². The lowest BCUT2D eigenvalue weighted by Gasteiger charge is -2.39. The first kappa shape index (κ1) is 12.0. The Morgan fingerprint density at radius 2 is 2.00 bits per heavy atom. The summed E-state index contributed by atoms with van der Waals surface area (Å²) in [6.45, 7) is 5.13. The first-order chi connectivity index (χ1) is 7.07. The van der Waals surface area contributed by atoms with Crippen LogP contribution in [0.3, 0.4) is 0 Å². The highest BCUT2D eigenvalue weighted by Gasteiger charge is 2.33. The molecular weight excluding hydrogens is 192 g/mol. The molecule has 2 atom stereocenters. The number of nitrogens with one attached hydrogen (secondary N) is 2. The van der Waals surface area contributed by atoms with Gasteiger partial charge in [0.25, 0.3) is 0 Å². The van der Waals surface area contributed by atoms with Crippen molar-refractivity contribution in [2.45, 2.75) is 39.2 Å². The van der Waals surface area contributed by atoms with Crippen molar-refractivity contribution in [1.82, 2.24) is 10.6 Å². The molecule has 1 aliphatic rings. The molecule has 0 aromatic carbocycles. The Bertz CT molecular complexity index is 229. The third-order valence-electron chi connectivity index (χ3n) is 3.05.